The van der Waals surface area contributed by atoms with Gasteiger partial charge in [0.1, 0.15) is 11.6 Å². The van der Waals surface area contributed by atoms with Gasteiger partial charge in [0.15, 0.2) is 5.82 Å². The lowest BCUT2D eigenvalue weighted by molar-refractivity contribution is -0.127. The van der Waals surface area contributed by atoms with Crippen LogP contribution in [-0.4, -0.2) is 85.0 Å². The lowest BCUT2D eigenvalue weighted by Gasteiger charge is -2.35. The number of rotatable bonds is 7. The van der Waals surface area contributed by atoms with E-state index < -0.39 is 17.5 Å². The third kappa shape index (κ3) is 7.00. The summed E-state index contributed by atoms with van der Waals surface area (Å²) in [6.07, 6.45) is 8.02. The highest BCUT2D eigenvalue weighted by atomic mass is 19.1. The summed E-state index contributed by atoms with van der Waals surface area (Å²) in [5.74, 6) is -1.83. The minimum absolute atomic E-state index is 0.0120. The van der Waals surface area contributed by atoms with Crippen molar-refractivity contribution in [3.8, 4) is 0 Å². The van der Waals surface area contributed by atoms with Gasteiger partial charge in [0.05, 0.1) is 16.9 Å². The largest absolute Gasteiger partial charge is 0.352 e. The third-order valence-corrected chi connectivity index (χ3v) is 7.88. The Labute approximate surface area is 229 Å². The average molecular weight is 544 g/mol. The summed E-state index contributed by atoms with van der Waals surface area (Å²) in [6, 6.07) is 2.03. The fourth-order valence-electron chi connectivity index (χ4n) is 5.50. The van der Waals surface area contributed by atoms with Gasteiger partial charge >= 0.3 is 0 Å². The topological polar surface area (TPSA) is 92.6 Å². The van der Waals surface area contributed by atoms with E-state index in [2.05, 4.69) is 37.1 Å². The highest BCUT2D eigenvalue weighted by molar-refractivity contribution is 5.99. The number of amides is 2. The van der Waals surface area contributed by atoms with Crippen molar-refractivity contribution in [1.29, 1.82) is 0 Å². The predicted molar refractivity (Wildman–Crippen MR) is 149 cm³/mol. The number of allylic oxidation sites excluding steroid dienone is 1. The normalized spacial score (nSPS) is 19.9. The van der Waals surface area contributed by atoms with E-state index in [9.17, 15) is 14.0 Å². The number of nitrogens with zero attached hydrogens (tertiary/aromatic N) is 5. The maximum atomic E-state index is 15.0. The first-order valence-corrected chi connectivity index (χ1v) is 13.8. The summed E-state index contributed by atoms with van der Waals surface area (Å²) < 4.78 is 30.0. The summed E-state index contributed by atoms with van der Waals surface area (Å²) in [7, 11) is 1.70. The Kier molecular flexibility index (Phi) is 9.66. The molecule has 0 aromatic heterocycles. The Morgan fingerprint density at radius 3 is 2.49 bits per heavy atom. The number of benzene rings is 1. The molecular weight excluding hydrogens is 504 g/mol. The molecule has 3 aliphatic rings. The number of carbonyl (C=O) groups is 2. The first kappa shape index (κ1) is 28.7. The van der Waals surface area contributed by atoms with E-state index in [1.54, 1.807) is 11.9 Å². The fourth-order valence-corrected chi connectivity index (χ4v) is 5.50. The number of guanidine groups is 1. The number of nitrogens with one attached hydrogen (secondary N) is 2. The van der Waals surface area contributed by atoms with Crippen LogP contribution in [-0.2, 0) is 4.79 Å². The van der Waals surface area contributed by atoms with E-state index in [1.807, 2.05) is 6.92 Å². The van der Waals surface area contributed by atoms with E-state index >= 15 is 4.39 Å². The second-order valence-corrected chi connectivity index (χ2v) is 10.4. The SMILES string of the molecule is C=N/C(=N\C1=C(C)N(C)C(=O)CCN1C1CCCCC1)Nc1cc(F)c(C(=O)NCCN2CCCC2)cc1F. The van der Waals surface area contributed by atoms with Crippen molar-refractivity contribution in [2.45, 2.75) is 64.3 Å². The van der Waals surface area contributed by atoms with Gasteiger partial charge in [-0.05, 0) is 58.5 Å². The molecule has 1 aliphatic carbocycles. The minimum atomic E-state index is -0.861. The Morgan fingerprint density at radius 2 is 1.79 bits per heavy atom. The monoisotopic (exact) mass is 543 g/mol. The molecule has 212 valence electrons. The smallest absolute Gasteiger partial charge is 0.254 e. The predicted octanol–water partition coefficient (Wildman–Crippen LogP) is 3.94. The van der Waals surface area contributed by atoms with Gasteiger partial charge in [-0.25, -0.2) is 13.8 Å². The van der Waals surface area contributed by atoms with Crippen LogP contribution in [0.15, 0.2) is 33.6 Å². The quantitative estimate of drug-likeness (QED) is 0.402. The molecule has 1 aromatic rings. The zero-order valence-electron chi connectivity index (χ0n) is 22.9. The van der Waals surface area contributed by atoms with Crippen molar-refractivity contribution in [3.05, 3.63) is 40.8 Å². The molecule has 0 bridgehead atoms. The van der Waals surface area contributed by atoms with Gasteiger partial charge in [0.2, 0.25) is 11.9 Å². The van der Waals surface area contributed by atoms with Crippen molar-refractivity contribution in [1.82, 2.24) is 20.0 Å². The molecule has 2 fully saturated rings. The van der Waals surface area contributed by atoms with E-state index in [-0.39, 0.29) is 29.2 Å². The van der Waals surface area contributed by atoms with Crippen molar-refractivity contribution < 1.29 is 18.4 Å². The van der Waals surface area contributed by atoms with Gasteiger partial charge in [-0.3, -0.25) is 9.59 Å². The number of anilines is 1. The number of halogens is 2. The van der Waals surface area contributed by atoms with Crippen molar-refractivity contribution in [2.24, 2.45) is 9.98 Å². The van der Waals surface area contributed by atoms with Crippen LogP contribution in [0.2, 0.25) is 0 Å². The van der Waals surface area contributed by atoms with Gasteiger partial charge < -0.3 is 25.3 Å². The first-order valence-electron chi connectivity index (χ1n) is 13.8. The zero-order chi connectivity index (χ0) is 27.9. The first-order chi connectivity index (χ1) is 18.8. The van der Waals surface area contributed by atoms with Crippen LogP contribution in [0.3, 0.4) is 0 Å². The molecule has 39 heavy (non-hydrogen) atoms. The standard InChI is InChI=1S/C28H39F2N7O2/c1-19-26(37(15-11-25(38)35(19)3)20-9-5-4-6-10-20)34-28(31-2)33-24-18-22(29)21(17-23(24)30)27(39)32-12-16-36-13-7-8-14-36/h17-18,20H,2,4-16H2,1,3H3,(H,32,39)(H,33,34). The molecule has 0 spiro atoms. The number of hydrogen-bond donors (Lipinski definition) is 2. The summed E-state index contributed by atoms with van der Waals surface area (Å²) in [4.78, 5) is 39.6. The van der Waals surface area contributed by atoms with E-state index in [0.717, 1.165) is 63.7 Å². The molecule has 11 heteroatoms. The summed E-state index contributed by atoms with van der Waals surface area (Å²) in [5, 5.41) is 5.40. The molecule has 4 rings (SSSR count). The molecule has 2 N–H and O–H groups in total. The molecular formula is C28H39F2N7O2. The van der Waals surface area contributed by atoms with Gasteiger partial charge in [0, 0.05) is 45.2 Å². The van der Waals surface area contributed by atoms with Gasteiger partial charge in [0.25, 0.3) is 5.91 Å². The number of hydrogen-bond acceptors (Lipinski definition) is 5. The Morgan fingerprint density at radius 1 is 1.08 bits per heavy atom. The second-order valence-electron chi connectivity index (χ2n) is 10.4. The molecule has 2 heterocycles. The van der Waals surface area contributed by atoms with Crippen LogP contribution >= 0.6 is 0 Å². The molecule has 0 radical (unpaired) electrons. The molecule has 0 atom stereocenters. The van der Waals surface area contributed by atoms with E-state index in [4.69, 9.17) is 0 Å². The van der Waals surface area contributed by atoms with E-state index in [0.29, 0.717) is 37.6 Å². The molecule has 1 aromatic carbocycles. The van der Waals surface area contributed by atoms with Gasteiger partial charge in [-0.2, -0.15) is 4.99 Å². The van der Waals surface area contributed by atoms with Crippen molar-refractivity contribution >= 4 is 30.2 Å². The summed E-state index contributed by atoms with van der Waals surface area (Å²) in [5.41, 5.74) is 0.0712. The van der Waals surface area contributed by atoms with Crippen LogP contribution in [0.5, 0.6) is 0 Å². The zero-order valence-corrected chi connectivity index (χ0v) is 22.9. The summed E-state index contributed by atoms with van der Waals surface area (Å²) >= 11 is 0. The molecule has 9 nitrogen and oxygen atoms in total. The van der Waals surface area contributed by atoms with Crippen LogP contribution in [0, 0.1) is 11.6 Å². The van der Waals surface area contributed by atoms with Crippen LogP contribution in [0.25, 0.3) is 0 Å². The number of likely N-dealkylation sites (tertiary alicyclic amines) is 1. The lowest BCUT2D eigenvalue weighted by atomic mass is 9.94. The van der Waals surface area contributed by atoms with Crippen LogP contribution in [0.4, 0.5) is 14.5 Å². The van der Waals surface area contributed by atoms with Crippen LogP contribution in [0.1, 0.15) is 68.6 Å². The lowest BCUT2D eigenvalue weighted by Crippen LogP contribution is -2.37. The van der Waals surface area contributed by atoms with Crippen molar-refractivity contribution in [2.75, 3.05) is 45.1 Å². The Hall–Kier alpha value is -3.34. The highest BCUT2D eigenvalue weighted by Gasteiger charge is 2.30. The maximum Gasteiger partial charge on any atom is 0.254 e. The second kappa shape index (κ2) is 13.1. The number of carbonyl (C=O) groups excluding carboxylic acids is 2. The molecule has 2 aliphatic heterocycles. The Bertz CT molecular complexity index is 1140. The molecule has 1 saturated heterocycles. The number of aliphatic imine (C=N–C) groups is 2. The minimum Gasteiger partial charge on any atom is -0.352 e. The van der Waals surface area contributed by atoms with Crippen molar-refractivity contribution in [3.63, 3.8) is 0 Å². The van der Waals surface area contributed by atoms with Gasteiger partial charge in [-0.1, -0.05) is 19.3 Å². The van der Waals surface area contributed by atoms with Crippen LogP contribution < -0.4 is 10.6 Å². The average Bonchev–Trinajstić information content (AvgIpc) is 3.43. The highest BCUT2D eigenvalue weighted by Crippen LogP contribution is 2.30. The molecule has 2 amide bonds. The molecule has 1 saturated carbocycles. The molecule has 0 unspecified atom stereocenters. The maximum absolute atomic E-state index is 15.0. The van der Waals surface area contributed by atoms with E-state index in [1.165, 1.54) is 6.42 Å². The Balaban J connectivity index is 1.53. The fraction of sp³-hybridized carbons (Fsp3) is 0.571. The van der Waals surface area contributed by atoms with Gasteiger partial charge in [-0.15, -0.1) is 0 Å². The summed E-state index contributed by atoms with van der Waals surface area (Å²) in [6.45, 7) is 8.90. The third-order valence-electron chi connectivity index (χ3n) is 7.88.